The third kappa shape index (κ3) is 3.33. The lowest BCUT2D eigenvalue weighted by atomic mass is 10.1. The summed E-state index contributed by atoms with van der Waals surface area (Å²) in [5.74, 6) is 1.41. The van der Waals surface area contributed by atoms with Crippen LogP contribution in [0.1, 0.15) is 5.01 Å². The molecule has 128 valence electrons. The van der Waals surface area contributed by atoms with E-state index in [9.17, 15) is 5.26 Å². The second kappa shape index (κ2) is 7.04. The van der Waals surface area contributed by atoms with Gasteiger partial charge in [0.15, 0.2) is 22.2 Å². The monoisotopic (exact) mass is 382 g/mol. The quantitative estimate of drug-likeness (QED) is 0.529. The minimum atomic E-state index is 0.196. The number of nitrogens with zero attached hydrogens (tertiary/aromatic N) is 3. The van der Waals surface area contributed by atoms with Crippen LogP contribution in [0.3, 0.4) is 0 Å². The maximum Gasteiger partial charge on any atom is 0.231 e. The molecule has 6 nitrogen and oxygen atoms in total. The van der Waals surface area contributed by atoms with Gasteiger partial charge in [-0.1, -0.05) is 17.7 Å². The van der Waals surface area contributed by atoms with E-state index in [0.29, 0.717) is 27.2 Å². The number of hydrazone groups is 1. The zero-order valence-electron chi connectivity index (χ0n) is 13.3. The molecular weight excluding hydrogens is 372 g/mol. The number of ether oxygens (including phenoxy) is 2. The molecule has 2 aromatic carbocycles. The summed E-state index contributed by atoms with van der Waals surface area (Å²) in [5.41, 5.74) is 5.35. The molecule has 1 aliphatic rings. The zero-order valence-corrected chi connectivity index (χ0v) is 14.8. The fraction of sp³-hybridized carbons (Fsp3) is 0.0556. The van der Waals surface area contributed by atoms with Gasteiger partial charge in [-0.3, -0.25) is 5.43 Å². The molecule has 1 N–H and O–H groups in total. The maximum atomic E-state index is 9.40. The van der Waals surface area contributed by atoms with Crippen LogP contribution in [0.15, 0.2) is 52.9 Å². The fourth-order valence-corrected chi connectivity index (χ4v) is 3.33. The van der Waals surface area contributed by atoms with Crippen molar-refractivity contribution >= 4 is 34.3 Å². The van der Waals surface area contributed by atoms with Crippen LogP contribution in [0.5, 0.6) is 11.5 Å². The van der Waals surface area contributed by atoms with Crippen molar-refractivity contribution in [3.63, 3.8) is 0 Å². The standard InChI is InChI=1S/C18H11ClN4O2S/c19-12-2-1-3-13(7-12)22-23-14(8-20)18-21-15(9-26-18)11-4-5-16-17(6-11)25-10-24-16/h1-7,9,22H,10H2/b23-14-. The minimum absolute atomic E-state index is 0.196. The number of anilines is 1. The van der Waals surface area contributed by atoms with Gasteiger partial charge in [0.25, 0.3) is 0 Å². The van der Waals surface area contributed by atoms with Crippen LogP contribution >= 0.6 is 22.9 Å². The third-order valence-electron chi connectivity index (χ3n) is 3.60. The Kier molecular flexibility index (Phi) is 4.44. The lowest BCUT2D eigenvalue weighted by Crippen LogP contribution is -2.01. The molecule has 26 heavy (non-hydrogen) atoms. The van der Waals surface area contributed by atoms with E-state index in [4.69, 9.17) is 21.1 Å². The first-order valence-corrected chi connectivity index (χ1v) is 8.84. The highest BCUT2D eigenvalue weighted by atomic mass is 35.5. The summed E-state index contributed by atoms with van der Waals surface area (Å²) < 4.78 is 10.7. The summed E-state index contributed by atoms with van der Waals surface area (Å²) in [7, 11) is 0. The van der Waals surface area contributed by atoms with Crippen LogP contribution < -0.4 is 14.9 Å². The molecule has 1 aromatic heterocycles. The van der Waals surface area contributed by atoms with Gasteiger partial charge < -0.3 is 9.47 Å². The van der Waals surface area contributed by atoms with Crippen molar-refractivity contribution in [2.75, 3.05) is 12.2 Å². The normalized spacial score (nSPS) is 12.7. The smallest absolute Gasteiger partial charge is 0.231 e. The van der Waals surface area contributed by atoms with Crippen molar-refractivity contribution in [1.82, 2.24) is 4.98 Å². The molecule has 0 saturated carbocycles. The number of hydrogen-bond acceptors (Lipinski definition) is 7. The minimum Gasteiger partial charge on any atom is -0.454 e. The summed E-state index contributed by atoms with van der Waals surface area (Å²) in [6, 6.07) is 14.8. The van der Waals surface area contributed by atoms with E-state index >= 15 is 0 Å². The van der Waals surface area contributed by atoms with E-state index in [2.05, 4.69) is 21.6 Å². The predicted octanol–water partition coefficient (Wildman–Crippen LogP) is 4.53. The van der Waals surface area contributed by atoms with Crippen molar-refractivity contribution in [2.24, 2.45) is 5.10 Å². The number of benzene rings is 2. The van der Waals surface area contributed by atoms with E-state index in [0.717, 1.165) is 11.3 Å². The second-order valence-corrected chi connectivity index (χ2v) is 6.59. The lowest BCUT2D eigenvalue weighted by Gasteiger charge is -2.01. The van der Waals surface area contributed by atoms with Crippen LogP contribution in [0.4, 0.5) is 5.69 Å². The van der Waals surface area contributed by atoms with Crippen molar-refractivity contribution in [2.45, 2.75) is 0 Å². The van der Waals surface area contributed by atoms with Gasteiger partial charge in [0.2, 0.25) is 6.79 Å². The molecule has 0 spiro atoms. The highest BCUT2D eigenvalue weighted by Gasteiger charge is 2.16. The van der Waals surface area contributed by atoms with Crippen molar-refractivity contribution < 1.29 is 9.47 Å². The first-order chi connectivity index (χ1) is 12.7. The number of fused-ring (bicyclic) bond motifs is 1. The summed E-state index contributed by atoms with van der Waals surface area (Å²) in [5, 5.41) is 16.5. The van der Waals surface area contributed by atoms with Gasteiger partial charge in [-0.15, -0.1) is 11.3 Å². The Morgan fingerprint density at radius 2 is 2.12 bits per heavy atom. The van der Waals surface area contributed by atoms with Gasteiger partial charge in [0, 0.05) is 16.0 Å². The van der Waals surface area contributed by atoms with Crippen LogP contribution in [0.25, 0.3) is 11.3 Å². The topological polar surface area (TPSA) is 79.5 Å². The molecule has 0 unspecified atom stereocenters. The second-order valence-electron chi connectivity index (χ2n) is 5.30. The Bertz CT molecular complexity index is 1040. The average Bonchev–Trinajstić information content (AvgIpc) is 3.31. The van der Waals surface area contributed by atoms with Crippen LogP contribution in [0.2, 0.25) is 5.02 Å². The highest BCUT2D eigenvalue weighted by molar-refractivity contribution is 7.12. The molecule has 0 saturated heterocycles. The molecule has 0 atom stereocenters. The Hall–Kier alpha value is -3.08. The Morgan fingerprint density at radius 1 is 1.23 bits per heavy atom. The molecule has 0 aliphatic carbocycles. The Labute approximate surface area is 158 Å². The van der Waals surface area contributed by atoms with Crippen LogP contribution in [0, 0.1) is 11.3 Å². The molecule has 0 radical (unpaired) electrons. The summed E-state index contributed by atoms with van der Waals surface area (Å²) in [4.78, 5) is 4.51. The molecule has 0 amide bonds. The number of thiazole rings is 1. The SMILES string of the molecule is N#C/C(=N/Nc1cccc(Cl)c1)c1nc(-c2ccc3c(c2)OCO3)cs1. The molecule has 8 heteroatoms. The van der Waals surface area contributed by atoms with Crippen molar-refractivity contribution in [3.8, 4) is 28.8 Å². The molecule has 4 rings (SSSR count). The molecule has 0 fully saturated rings. The van der Waals surface area contributed by atoms with Crippen LogP contribution in [-0.4, -0.2) is 17.5 Å². The first kappa shape index (κ1) is 16.4. The van der Waals surface area contributed by atoms with Gasteiger partial charge in [0.05, 0.1) is 11.4 Å². The number of rotatable bonds is 4. The van der Waals surface area contributed by atoms with E-state index in [1.165, 1.54) is 11.3 Å². The van der Waals surface area contributed by atoms with E-state index in [1.807, 2.05) is 29.6 Å². The predicted molar refractivity (Wildman–Crippen MR) is 101 cm³/mol. The number of nitriles is 1. The summed E-state index contributed by atoms with van der Waals surface area (Å²) >= 11 is 7.29. The van der Waals surface area contributed by atoms with E-state index in [1.54, 1.807) is 18.2 Å². The van der Waals surface area contributed by atoms with Gasteiger partial charge in [-0.2, -0.15) is 10.4 Å². The molecule has 3 aromatic rings. The lowest BCUT2D eigenvalue weighted by molar-refractivity contribution is 0.174. The van der Waals surface area contributed by atoms with E-state index < -0.39 is 0 Å². The highest BCUT2D eigenvalue weighted by Crippen LogP contribution is 2.36. The van der Waals surface area contributed by atoms with Crippen LogP contribution in [-0.2, 0) is 0 Å². The van der Waals surface area contributed by atoms with E-state index in [-0.39, 0.29) is 12.5 Å². The van der Waals surface area contributed by atoms with Crippen molar-refractivity contribution in [3.05, 3.63) is 57.9 Å². The molecule has 2 heterocycles. The largest absolute Gasteiger partial charge is 0.454 e. The summed E-state index contributed by atoms with van der Waals surface area (Å²) in [6.45, 7) is 0.224. The third-order valence-corrected chi connectivity index (χ3v) is 4.69. The van der Waals surface area contributed by atoms with Crippen molar-refractivity contribution in [1.29, 1.82) is 5.26 Å². The fourth-order valence-electron chi connectivity index (χ4n) is 2.37. The first-order valence-electron chi connectivity index (χ1n) is 7.58. The van der Waals surface area contributed by atoms with Gasteiger partial charge >= 0.3 is 0 Å². The molecular formula is C18H11ClN4O2S. The number of aromatic nitrogens is 1. The Balaban J connectivity index is 1.57. The van der Waals surface area contributed by atoms with Gasteiger partial charge in [0.1, 0.15) is 6.07 Å². The zero-order chi connectivity index (χ0) is 17.9. The molecule has 1 aliphatic heterocycles. The molecule has 0 bridgehead atoms. The van der Waals surface area contributed by atoms with Gasteiger partial charge in [-0.25, -0.2) is 4.98 Å². The maximum absolute atomic E-state index is 9.40. The number of hydrogen-bond donors (Lipinski definition) is 1. The average molecular weight is 383 g/mol. The number of halogens is 1. The number of nitrogens with one attached hydrogen (secondary N) is 1. The van der Waals surface area contributed by atoms with Gasteiger partial charge in [-0.05, 0) is 36.4 Å². The summed E-state index contributed by atoms with van der Waals surface area (Å²) in [6.07, 6.45) is 0. The Morgan fingerprint density at radius 3 is 2.96 bits per heavy atom.